The normalized spacial score (nSPS) is 16.4. The van der Waals surface area contributed by atoms with Crippen LogP contribution in [0.2, 0.25) is 5.02 Å². The van der Waals surface area contributed by atoms with Gasteiger partial charge in [-0.15, -0.1) is 0 Å². The Morgan fingerprint density at radius 3 is 2.70 bits per heavy atom. The van der Waals surface area contributed by atoms with Crippen molar-refractivity contribution in [3.63, 3.8) is 0 Å². The van der Waals surface area contributed by atoms with Gasteiger partial charge in [-0.05, 0) is 37.3 Å². The molecule has 0 amide bonds. The third-order valence-corrected chi connectivity index (χ3v) is 3.79. The van der Waals surface area contributed by atoms with Crippen molar-refractivity contribution in [2.24, 2.45) is 5.73 Å². The number of hydrogen-bond donors (Lipinski definition) is 2. The summed E-state index contributed by atoms with van der Waals surface area (Å²) in [5.74, 6) is 0.0853. The summed E-state index contributed by atoms with van der Waals surface area (Å²) < 4.78 is 11.1. The zero-order valence-electron chi connectivity index (χ0n) is 11.3. The Morgan fingerprint density at radius 1 is 1.50 bits per heavy atom. The maximum atomic E-state index is 10.8. The second-order valence-corrected chi connectivity index (χ2v) is 5.32. The molecular formula is C14H18ClNO4. The van der Waals surface area contributed by atoms with Crippen LogP contribution in [0.15, 0.2) is 12.1 Å². The third-order valence-electron chi connectivity index (χ3n) is 3.44. The van der Waals surface area contributed by atoms with E-state index in [4.69, 9.17) is 31.9 Å². The van der Waals surface area contributed by atoms with E-state index in [2.05, 4.69) is 0 Å². The van der Waals surface area contributed by atoms with Gasteiger partial charge in [-0.2, -0.15) is 0 Å². The van der Waals surface area contributed by atoms with Gasteiger partial charge in [0.25, 0.3) is 0 Å². The molecule has 1 saturated carbocycles. The summed E-state index contributed by atoms with van der Waals surface area (Å²) in [6, 6.07) is 2.37. The zero-order chi connectivity index (χ0) is 14.7. The van der Waals surface area contributed by atoms with Gasteiger partial charge in [0.1, 0.15) is 6.04 Å². The highest BCUT2D eigenvalue weighted by Gasteiger charge is 2.22. The Bertz CT molecular complexity index is 502. The lowest BCUT2D eigenvalue weighted by atomic mass is 9.96. The molecule has 0 heterocycles. The van der Waals surface area contributed by atoms with Crippen LogP contribution in [-0.4, -0.2) is 30.3 Å². The molecule has 0 saturated heterocycles. The summed E-state index contributed by atoms with van der Waals surface area (Å²) in [7, 11) is 1.54. The molecule has 1 unspecified atom stereocenters. The Labute approximate surface area is 122 Å². The van der Waals surface area contributed by atoms with Crippen LogP contribution in [0.5, 0.6) is 11.5 Å². The van der Waals surface area contributed by atoms with Crippen LogP contribution in [0.3, 0.4) is 0 Å². The molecule has 0 spiro atoms. The maximum Gasteiger partial charge on any atom is 0.320 e. The van der Waals surface area contributed by atoms with E-state index in [1.807, 2.05) is 0 Å². The molecule has 6 heteroatoms. The first-order chi connectivity index (χ1) is 9.51. The van der Waals surface area contributed by atoms with E-state index in [1.54, 1.807) is 19.2 Å². The fourth-order valence-corrected chi connectivity index (χ4v) is 2.21. The van der Waals surface area contributed by atoms with Crippen molar-refractivity contribution >= 4 is 17.6 Å². The zero-order valence-corrected chi connectivity index (χ0v) is 12.0. The highest BCUT2D eigenvalue weighted by Crippen LogP contribution is 2.36. The number of carboxylic acids is 1. The van der Waals surface area contributed by atoms with Crippen LogP contribution in [0.1, 0.15) is 24.8 Å². The van der Waals surface area contributed by atoms with Gasteiger partial charge in [0, 0.05) is 11.1 Å². The quantitative estimate of drug-likeness (QED) is 0.842. The van der Waals surface area contributed by atoms with E-state index in [1.165, 1.54) is 0 Å². The number of benzene rings is 1. The van der Waals surface area contributed by atoms with Crippen LogP contribution < -0.4 is 15.2 Å². The maximum absolute atomic E-state index is 10.8. The number of methoxy groups -OCH3 is 1. The fraction of sp³-hybridized carbons (Fsp3) is 0.500. The minimum absolute atomic E-state index is 0.152. The van der Waals surface area contributed by atoms with E-state index in [9.17, 15) is 4.79 Å². The van der Waals surface area contributed by atoms with E-state index >= 15 is 0 Å². The number of carbonyl (C=O) groups is 1. The molecule has 1 aliphatic carbocycles. The summed E-state index contributed by atoms with van der Waals surface area (Å²) in [6.07, 6.45) is 3.56. The summed E-state index contributed by atoms with van der Waals surface area (Å²) in [5.41, 5.74) is 6.20. The molecule has 1 aromatic rings. The Kier molecular flexibility index (Phi) is 4.73. The van der Waals surface area contributed by atoms with E-state index in [-0.39, 0.29) is 12.5 Å². The van der Waals surface area contributed by atoms with Crippen molar-refractivity contribution in [3.8, 4) is 11.5 Å². The largest absolute Gasteiger partial charge is 0.493 e. The van der Waals surface area contributed by atoms with Gasteiger partial charge in [0.05, 0.1) is 13.2 Å². The summed E-state index contributed by atoms with van der Waals surface area (Å²) in [6.45, 7) is 0. The van der Waals surface area contributed by atoms with E-state index < -0.39 is 12.0 Å². The highest BCUT2D eigenvalue weighted by atomic mass is 35.5. The van der Waals surface area contributed by atoms with Crippen molar-refractivity contribution in [2.45, 2.75) is 37.8 Å². The van der Waals surface area contributed by atoms with Gasteiger partial charge in [-0.1, -0.05) is 11.6 Å². The number of hydrogen-bond acceptors (Lipinski definition) is 4. The average Bonchev–Trinajstić information content (AvgIpc) is 2.36. The van der Waals surface area contributed by atoms with Crippen molar-refractivity contribution in [1.29, 1.82) is 0 Å². The number of rotatable bonds is 6. The Hall–Kier alpha value is -1.46. The second kappa shape index (κ2) is 6.33. The monoisotopic (exact) mass is 299 g/mol. The van der Waals surface area contributed by atoms with Crippen LogP contribution in [0, 0.1) is 0 Å². The van der Waals surface area contributed by atoms with Crippen molar-refractivity contribution in [2.75, 3.05) is 7.11 Å². The smallest absolute Gasteiger partial charge is 0.320 e. The van der Waals surface area contributed by atoms with Gasteiger partial charge in [0.2, 0.25) is 0 Å². The van der Waals surface area contributed by atoms with E-state index in [0.717, 1.165) is 19.3 Å². The van der Waals surface area contributed by atoms with Gasteiger partial charge < -0.3 is 20.3 Å². The van der Waals surface area contributed by atoms with Crippen LogP contribution in [-0.2, 0) is 11.2 Å². The molecule has 1 fully saturated rings. The second-order valence-electron chi connectivity index (χ2n) is 4.91. The molecule has 20 heavy (non-hydrogen) atoms. The fourth-order valence-electron chi connectivity index (χ4n) is 1.98. The molecule has 0 bridgehead atoms. The average molecular weight is 300 g/mol. The van der Waals surface area contributed by atoms with E-state index in [0.29, 0.717) is 22.1 Å². The minimum Gasteiger partial charge on any atom is -0.493 e. The molecule has 110 valence electrons. The number of halogens is 1. The first-order valence-corrected chi connectivity index (χ1v) is 6.90. The molecule has 0 radical (unpaired) electrons. The third kappa shape index (κ3) is 3.35. The molecule has 0 aliphatic heterocycles. The van der Waals surface area contributed by atoms with Crippen molar-refractivity contribution < 1.29 is 19.4 Å². The lowest BCUT2D eigenvalue weighted by molar-refractivity contribution is -0.138. The summed E-state index contributed by atoms with van der Waals surface area (Å²) >= 11 is 6.13. The number of carboxylic acid groups (broad SMARTS) is 1. The van der Waals surface area contributed by atoms with Gasteiger partial charge in [-0.25, -0.2) is 0 Å². The topological polar surface area (TPSA) is 81.8 Å². The first kappa shape index (κ1) is 14.9. The first-order valence-electron chi connectivity index (χ1n) is 6.52. The predicted octanol–water partition coefficient (Wildman–Crippen LogP) is 2.23. The van der Waals surface area contributed by atoms with Gasteiger partial charge >= 0.3 is 5.97 Å². The number of ether oxygens (including phenoxy) is 2. The molecule has 1 aliphatic rings. The molecule has 5 nitrogen and oxygen atoms in total. The SMILES string of the molecule is COc1cc(Cl)c(CC(N)C(=O)O)cc1OC1CCC1. The molecule has 0 aromatic heterocycles. The van der Waals surface area contributed by atoms with Crippen LogP contribution in [0.4, 0.5) is 0 Å². The van der Waals surface area contributed by atoms with Crippen molar-refractivity contribution in [3.05, 3.63) is 22.7 Å². The van der Waals surface area contributed by atoms with Crippen LogP contribution >= 0.6 is 11.6 Å². The van der Waals surface area contributed by atoms with Crippen molar-refractivity contribution in [1.82, 2.24) is 0 Å². The lowest BCUT2D eigenvalue weighted by Crippen LogP contribution is -2.32. The molecule has 2 rings (SSSR count). The van der Waals surface area contributed by atoms with Gasteiger partial charge in [-0.3, -0.25) is 4.79 Å². The standard InChI is InChI=1S/C14H18ClNO4/c1-19-12-7-10(15)8(5-11(16)14(17)18)6-13(12)20-9-3-2-4-9/h6-7,9,11H,2-5,16H2,1H3,(H,17,18). The Balaban J connectivity index is 2.22. The van der Waals surface area contributed by atoms with Crippen LogP contribution in [0.25, 0.3) is 0 Å². The number of aliphatic carboxylic acids is 1. The van der Waals surface area contributed by atoms with Gasteiger partial charge in [0.15, 0.2) is 11.5 Å². The lowest BCUT2D eigenvalue weighted by Gasteiger charge is -2.27. The summed E-state index contributed by atoms with van der Waals surface area (Å²) in [5, 5.41) is 9.30. The highest BCUT2D eigenvalue weighted by molar-refractivity contribution is 6.31. The summed E-state index contributed by atoms with van der Waals surface area (Å²) in [4.78, 5) is 10.8. The molecule has 3 N–H and O–H groups in total. The number of nitrogens with two attached hydrogens (primary N) is 1. The Morgan fingerprint density at radius 2 is 2.20 bits per heavy atom. The molecule has 1 atom stereocenters. The molecule has 1 aromatic carbocycles. The predicted molar refractivity (Wildman–Crippen MR) is 75.6 cm³/mol. The molecular weight excluding hydrogens is 282 g/mol. The minimum atomic E-state index is -1.06.